The number of nitrogens with zero attached hydrogens (tertiary/aromatic N) is 3. The number of hydrogen-bond acceptors (Lipinski definition) is 6. The van der Waals surface area contributed by atoms with Gasteiger partial charge in [-0.3, -0.25) is 14.9 Å². The van der Waals surface area contributed by atoms with E-state index < -0.39 is 0 Å². The van der Waals surface area contributed by atoms with E-state index in [0.29, 0.717) is 42.8 Å². The summed E-state index contributed by atoms with van der Waals surface area (Å²) in [6.45, 7) is 2.42. The Morgan fingerprint density at radius 2 is 2.17 bits per heavy atom. The van der Waals surface area contributed by atoms with Crippen molar-refractivity contribution in [3.63, 3.8) is 0 Å². The molecule has 0 bridgehead atoms. The summed E-state index contributed by atoms with van der Waals surface area (Å²) in [6, 6.07) is 1.69. The molecule has 2 saturated heterocycles. The number of aromatic nitrogens is 2. The third-order valence-electron chi connectivity index (χ3n) is 4.14. The first-order chi connectivity index (χ1) is 11.1. The van der Waals surface area contributed by atoms with Crippen molar-refractivity contribution in [2.45, 2.75) is 19.2 Å². The van der Waals surface area contributed by atoms with Gasteiger partial charge in [0.15, 0.2) is 5.69 Å². The van der Waals surface area contributed by atoms with Crippen LogP contribution in [0.25, 0.3) is 0 Å². The molecule has 3 rings (SSSR count). The highest BCUT2D eigenvalue weighted by Crippen LogP contribution is 2.23. The van der Waals surface area contributed by atoms with Crippen molar-refractivity contribution in [3.8, 4) is 0 Å². The van der Waals surface area contributed by atoms with Crippen molar-refractivity contribution in [2.75, 3.05) is 33.4 Å². The van der Waals surface area contributed by atoms with E-state index in [1.54, 1.807) is 15.6 Å². The van der Waals surface area contributed by atoms with Gasteiger partial charge in [-0.15, -0.1) is 0 Å². The quantitative estimate of drug-likeness (QED) is 0.771. The van der Waals surface area contributed by atoms with Gasteiger partial charge in [0.2, 0.25) is 6.35 Å². The summed E-state index contributed by atoms with van der Waals surface area (Å²) < 4.78 is 12.6. The lowest BCUT2D eigenvalue weighted by atomic mass is 9.97. The minimum Gasteiger partial charge on any atom is -0.469 e. The second-order valence-corrected chi connectivity index (χ2v) is 6.38. The molecule has 0 spiro atoms. The molecule has 126 valence electrons. The van der Waals surface area contributed by atoms with Crippen molar-refractivity contribution in [3.05, 3.63) is 16.4 Å². The number of hydrogen-bond donors (Lipinski definition) is 1. The van der Waals surface area contributed by atoms with Crippen LogP contribution in [0.4, 0.5) is 0 Å². The van der Waals surface area contributed by atoms with E-state index in [1.165, 1.54) is 7.11 Å². The molecule has 0 aliphatic carbocycles. The molecule has 1 unspecified atom stereocenters. The lowest BCUT2D eigenvalue weighted by Crippen LogP contribution is -2.40. The van der Waals surface area contributed by atoms with Gasteiger partial charge in [-0.05, 0) is 28.8 Å². The lowest BCUT2D eigenvalue weighted by Gasteiger charge is -2.30. The van der Waals surface area contributed by atoms with Gasteiger partial charge in [-0.2, -0.15) is 5.10 Å². The number of methoxy groups -OCH3 is 1. The normalized spacial score (nSPS) is 22.3. The number of esters is 1. The van der Waals surface area contributed by atoms with E-state index >= 15 is 0 Å². The molecule has 0 radical (unpaired) electrons. The van der Waals surface area contributed by atoms with Crippen molar-refractivity contribution in [2.24, 2.45) is 5.92 Å². The molecule has 1 aromatic rings. The second-order valence-electron chi connectivity index (χ2n) is 5.56. The molecule has 2 aliphatic heterocycles. The third-order valence-corrected chi connectivity index (χ3v) is 4.74. The fourth-order valence-corrected chi connectivity index (χ4v) is 3.34. The highest BCUT2D eigenvalue weighted by Gasteiger charge is 2.30. The Kier molecular flexibility index (Phi) is 4.98. The average molecular weight is 387 g/mol. The number of ether oxygens (including phenoxy) is 2. The van der Waals surface area contributed by atoms with Gasteiger partial charge in [0, 0.05) is 25.7 Å². The fourth-order valence-electron chi connectivity index (χ4n) is 2.86. The van der Waals surface area contributed by atoms with Gasteiger partial charge in [0.1, 0.15) is 4.60 Å². The zero-order chi connectivity index (χ0) is 16.4. The number of piperidine rings is 1. The van der Waals surface area contributed by atoms with Crippen LogP contribution in [0.3, 0.4) is 0 Å². The van der Waals surface area contributed by atoms with E-state index in [9.17, 15) is 9.59 Å². The molecule has 8 nitrogen and oxygen atoms in total. The third kappa shape index (κ3) is 3.41. The largest absolute Gasteiger partial charge is 0.469 e. The fraction of sp³-hybridized carbons (Fsp3) is 0.643. The summed E-state index contributed by atoms with van der Waals surface area (Å²) in [6.07, 6.45) is 0.886. The second kappa shape index (κ2) is 6.98. The Bertz CT molecular complexity index is 592. The summed E-state index contributed by atoms with van der Waals surface area (Å²) in [7, 11) is 1.39. The van der Waals surface area contributed by atoms with Crippen molar-refractivity contribution in [1.29, 1.82) is 0 Å². The van der Waals surface area contributed by atoms with E-state index in [-0.39, 0.29) is 24.1 Å². The first-order valence-corrected chi connectivity index (χ1v) is 8.36. The lowest BCUT2D eigenvalue weighted by molar-refractivity contribution is -0.146. The summed E-state index contributed by atoms with van der Waals surface area (Å²) >= 11 is 3.41. The minimum atomic E-state index is -0.351. The van der Waals surface area contributed by atoms with Crippen LogP contribution in [0.5, 0.6) is 0 Å². The van der Waals surface area contributed by atoms with E-state index in [0.717, 1.165) is 6.54 Å². The monoisotopic (exact) mass is 386 g/mol. The van der Waals surface area contributed by atoms with Crippen LogP contribution in [0.1, 0.15) is 29.7 Å². The van der Waals surface area contributed by atoms with Crippen LogP contribution in [-0.4, -0.2) is 59.9 Å². The number of amides is 1. The molecular weight excluding hydrogens is 368 g/mol. The Hall–Kier alpha value is -1.45. The summed E-state index contributed by atoms with van der Waals surface area (Å²) in [5, 5.41) is 7.48. The molecule has 3 heterocycles. The molecule has 0 aromatic carbocycles. The van der Waals surface area contributed by atoms with Gasteiger partial charge < -0.3 is 14.4 Å². The molecule has 9 heteroatoms. The van der Waals surface area contributed by atoms with Crippen molar-refractivity contribution < 1.29 is 19.1 Å². The Morgan fingerprint density at radius 3 is 2.78 bits per heavy atom. The number of rotatable bonds is 3. The number of likely N-dealkylation sites (tertiary alicyclic amines) is 1. The standard InChI is InChI=1S/C14H19BrN4O4/c1-22-13(21)9-2-5-18(6-3-9)12(20)10-8-11(15)19(17-10)14-16-4-7-23-14/h8-9,14,16H,2-7H2,1H3. The van der Waals surface area contributed by atoms with Crippen LogP contribution >= 0.6 is 15.9 Å². The van der Waals surface area contributed by atoms with E-state index in [1.807, 2.05) is 0 Å². The van der Waals surface area contributed by atoms with Gasteiger partial charge >= 0.3 is 5.97 Å². The Morgan fingerprint density at radius 1 is 1.43 bits per heavy atom. The number of carbonyl (C=O) groups excluding carboxylic acids is 2. The zero-order valence-corrected chi connectivity index (χ0v) is 14.4. The predicted octanol–water partition coefficient (Wildman–Crippen LogP) is 0.747. The van der Waals surface area contributed by atoms with Crippen LogP contribution in [-0.2, 0) is 14.3 Å². The molecular formula is C14H19BrN4O4. The molecule has 1 amide bonds. The number of nitrogens with one attached hydrogen (secondary N) is 1. The number of carbonyl (C=O) groups is 2. The van der Waals surface area contributed by atoms with E-state index in [4.69, 9.17) is 9.47 Å². The Balaban J connectivity index is 1.65. The first kappa shape index (κ1) is 16.4. The Labute approximate surface area is 142 Å². The molecule has 1 atom stereocenters. The average Bonchev–Trinajstić information content (AvgIpc) is 3.23. The predicted molar refractivity (Wildman–Crippen MR) is 83.6 cm³/mol. The van der Waals surface area contributed by atoms with Crippen LogP contribution in [0.15, 0.2) is 10.7 Å². The van der Waals surface area contributed by atoms with Gasteiger partial charge in [-0.25, -0.2) is 4.68 Å². The SMILES string of the molecule is COC(=O)C1CCN(C(=O)c2cc(Br)n(C3NCCO3)n2)CC1. The number of halogens is 1. The molecule has 2 aliphatic rings. The highest BCUT2D eigenvalue weighted by molar-refractivity contribution is 9.10. The van der Waals surface area contributed by atoms with Crippen LogP contribution in [0.2, 0.25) is 0 Å². The van der Waals surface area contributed by atoms with E-state index in [2.05, 4.69) is 26.3 Å². The zero-order valence-electron chi connectivity index (χ0n) is 12.8. The van der Waals surface area contributed by atoms with Gasteiger partial charge in [0.25, 0.3) is 5.91 Å². The maximum Gasteiger partial charge on any atom is 0.308 e. The van der Waals surface area contributed by atoms with Crippen molar-refractivity contribution in [1.82, 2.24) is 20.0 Å². The summed E-state index contributed by atoms with van der Waals surface area (Å²) in [5.41, 5.74) is 0.366. The maximum atomic E-state index is 12.6. The smallest absolute Gasteiger partial charge is 0.308 e. The molecule has 2 fully saturated rings. The highest BCUT2D eigenvalue weighted by atomic mass is 79.9. The van der Waals surface area contributed by atoms with Crippen LogP contribution < -0.4 is 5.32 Å². The summed E-state index contributed by atoms with van der Waals surface area (Å²) in [5.74, 6) is -0.455. The molecule has 1 N–H and O–H groups in total. The molecule has 1 aromatic heterocycles. The van der Waals surface area contributed by atoms with Gasteiger partial charge in [-0.1, -0.05) is 0 Å². The maximum absolute atomic E-state index is 12.6. The first-order valence-electron chi connectivity index (χ1n) is 7.57. The minimum absolute atomic E-state index is 0.121. The topological polar surface area (TPSA) is 85.7 Å². The summed E-state index contributed by atoms with van der Waals surface area (Å²) in [4.78, 5) is 25.8. The van der Waals surface area contributed by atoms with Crippen LogP contribution in [0, 0.1) is 5.92 Å². The van der Waals surface area contributed by atoms with Crippen molar-refractivity contribution >= 4 is 27.8 Å². The van der Waals surface area contributed by atoms with Gasteiger partial charge in [0.05, 0.1) is 19.6 Å². The molecule has 0 saturated carbocycles. The molecule has 23 heavy (non-hydrogen) atoms.